The lowest BCUT2D eigenvalue weighted by Gasteiger charge is -2.04. The number of unbranched alkanes of at least 4 members (excludes halogenated alkanes) is 12. The van der Waals surface area contributed by atoms with Gasteiger partial charge in [-0.2, -0.15) is 0 Å². The van der Waals surface area contributed by atoms with E-state index in [4.69, 9.17) is 9.79 Å². The zero-order valence-electron chi connectivity index (χ0n) is 14.9. The van der Waals surface area contributed by atoms with Crippen LogP contribution in [0.15, 0.2) is 12.2 Å². The highest BCUT2D eigenvalue weighted by molar-refractivity contribution is 7.46. The Hall–Kier alpha value is -0.150. The van der Waals surface area contributed by atoms with E-state index in [1.54, 1.807) is 0 Å². The first-order valence-electron chi connectivity index (χ1n) is 9.41. The summed E-state index contributed by atoms with van der Waals surface area (Å²) in [6, 6.07) is 0. The van der Waals surface area contributed by atoms with E-state index in [-0.39, 0.29) is 6.61 Å². The molecule has 0 amide bonds. The average molecular weight is 348 g/mol. The summed E-state index contributed by atoms with van der Waals surface area (Å²) < 4.78 is 14.9. The van der Waals surface area contributed by atoms with E-state index in [2.05, 4.69) is 23.6 Å². The molecule has 0 fully saturated rings. The van der Waals surface area contributed by atoms with Crippen LogP contribution in [0.2, 0.25) is 0 Å². The van der Waals surface area contributed by atoms with Gasteiger partial charge in [0, 0.05) is 0 Å². The molecule has 0 heterocycles. The average Bonchev–Trinajstić information content (AvgIpc) is 2.49. The molecule has 0 radical (unpaired) electrons. The second kappa shape index (κ2) is 16.7. The standard InChI is InChI=1S/C18H37O4P/c1-2-3-4-5-6-7-8-9-10-11-12-13-14-15-16-17-18-22-23(19,20)21/h9-10H,2-8,11-18H2,1H3,(H2,19,20,21)/b10-9+. The predicted octanol–water partition coefficient (Wildman–Crippen LogP) is 6.13. The van der Waals surface area contributed by atoms with Gasteiger partial charge in [-0.05, 0) is 32.1 Å². The van der Waals surface area contributed by atoms with Crippen LogP contribution in [0.25, 0.3) is 0 Å². The molecule has 0 aromatic carbocycles. The zero-order chi connectivity index (χ0) is 17.2. The number of phosphoric acid groups is 1. The predicted molar refractivity (Wildman–Crippen MR) is 97.4 cm³/mol. The third-order valence-corrected chi connectivity index (χ3v) is 4.43. The fraction of sp³-hybridized carbons (Fsp3) is 0.889. The van der Waals surface area contributed by atoms with E-state index in [1.807, 2.05) is 0 Å². The molecule has 0 bridgehead atoms. The molecular weight excluding hydrogens is 311 g/mol. The molecule has 4 nitrogen and oxygen atoms in total. The maximum absolute atomic E-state index is 10.5. The summed E-state index contributed by atoms with van der Waals surface area (Å²) in [5, 5.41) is 0. The first kappa shape index (κ1) is 22.9. The quantitative estimate of drug-likeness (QED) is 0.188. The third kappa shape index (κ3) is 21.9. The number of allylic oxidation sites excluding steroid dienone is 2. The first-order chi connectivity index (χ1) is 11.1. The van der Waals surface area contributed by atoms with E-state index < -0.39 is 7.82 Å². The summed E-state index contributed by atoms with van der Waals surface area (Å²) in [7, 11) is -4.26. The molecule has 0 aromatic heterocycles. The highest BCUT2D eigenvalue weighted by atomic mass is 31.2. The van der Waals surface area contributed by atoms with Crippen molar-refractivity contribution in [2.75, 3.05) is 6.61 Å². The molecular formula is C18H37O4P. The molecule has 0 saturated heterocycles. The normalized spacial score (nSPS) is 12.3. The fourth-order valence-corrected chi connectivity index (χ4v) is 2.90. The van der Waals surface area contributed by atoms with Crippen LogP contribution in [0.5, 0.6) is 0 Å². The van der Waals surface area contributed by atoms with Gasteiger partial charge in [0.1, 0.15) is 0 Å². The minimum atomic E-state index is -4.26. The molecule has 5 heteroatoms. The first-order valence-corrected chi connectivity index (χ1v) is 10.9. The minimum absolute atomic E-state index is 0.158. The van der Waals surface area contributed by atoms with Crippen LogP contribution in [0, 0.1) is 0 Å². The number of phosphoric ester groups is 1. The van der Waals surface area contributed by atoms with E-state index >= 15 is 0 Å². The van der Waals surface area contributed by atoms with Crippen molar-refractivity contribution in [3.8, 4) is 0 Å². The summed E-state index contributed by atoms with van der Waals surface area (Å²) in [5.74, 6) is 0. The van der Waals surface area contributed by atoms with Crippen molar-refractivity contribution >= 4 is 7.82 Å². The molecule has 0 aromatic rings. The Morgan fingerprint density at radius 1 is 0.739 bits per heavy atom. The van der Waals surface area contributed by atoms with Gasteiger partial charge in [-0.1, -0.05) is 76.9 Å². The highest BCUT2D eigenvalue weighted by Gasteiger charge is 2.12. The van der Waals surface area contributed by atoms with E-state index in [1.165, 1.54) is 70.6 Å². The van der Waals surface area contributed by atoms with Gasteiger partial charge in [0.15, 0.2) is 0 Å². The second-order valence-electron chi connectivity index (χ2n) is 6.26. The number of hydrogen-bond acceptors (Lipinski definition) is 2. The number of rotatable bonds is 17. The molecule has 0 aliphatic heterocycles. The van der Waals surface area contributed by atoms with Gasteiger partial charge in [-0.3, -0.25) is 4.52 Å². The zero-order valence-corrected chi connectivity index (χ0v) is 15.8. The van der Waals surface area contributed by atoms with Gasteiger partial charge in [-0.25, -0.2) is 4.57 Å². The number of hydrogen-bond donors (Lipinski definition) is 2. The maximum Gasteiger partial charge on any atom is 0.469 e. The Morgan fingerprint density at radius 3 is 1.65 bits per heavy atom. The molecule has 0 spiro atoms. The van der Waals surface area contributed by atoms with E-state index in [9.17, 15) is 4.57 Å². The van der Waals surface area contributed by atoms with Gasteiger partial charge in [-0.15, -0.1) is 0 Å². The molecule has 0 unspecified atom stereocenters. The smallest absolute Gasteiger partial charge is 0.303 e. The van der Waals surface area contributed by atoms with Gasteiger partial charge >= 0.3 is 7.82 Å². The van der Waals surface area contributed by atoms with Crippen LogP contribution in [0.1, 0.15) is 96.8 Å². The summed E-state index contributed by atoms with van der Waals surface area (Å²) >= 11 is 0. The lowest BCUT2D eigenvalue weighted by Crippen LogP contribution is -1.92. The third-order valence-electron chi connectivity index (χ3n) is 3.92. The SMILES string of the molecule is CCCCCCCC/C=C/CCCCCCCCOP(=O)(O)O. The van der Waals surface area contributed by atoms with Crippen molar-refractivity contribution in [3.63, 3.8) is 0 Å². The van der Waals surface area contributed by atoms with Gasteiger partial charge in [0.25, 0.3) is 0 Å². The Bertz CT molecular complexity index is 312. The van der Waals surface area contributed by atoms with Gasteiger partial charge in [0.05, 0.1) is 6.61 Å². The van der Waals surface area contributed by atoms with Crippen molar-refractivity contribution < 1.29 is 18.9 Å². The largest absolute Gasteiger partial charge is 0.469 e. The van der Waals surface area contributed by atoms with Crippen LogP contribution < -0.4 is 0 Å². The molecule has 0 atom stereocenters. The second-order valence-corrected chi connectivity index (χ2v) is 7.50. The molecule has 23 heavy (non-hydrogen) atoms. The molecule has 2 N–H and O–H groups in total. The van der Waals surface area contributed by atoms with Crippen LogP contribution in [-0.2, 0) is 9.09 Å². The van der Waals surface area contributed by atoms with Crippen LogP contribution >= 0.6 is 7.82 Å². The summed E-state index contributed by atoms with van der Waals surface area (Å²) in [4.78, 5) is 17.1. The van der Waals surface area contributed by atoms with E-state index in [0.29, 0.717) is 0 Å². The highest BCUT2D eigenvalue weighted by Crippen LogP contribution is 2.35. The Kier molecular flexibility index (Phi) is 16.6. The molecule has 0 aliphatic carbocycles. The molecule has 0 aliphatic rings. The van der Waals surface area contributed by atoms with Crippen molar-refractivity contribution in [1.82, 2.24) is 0 Å². The Labute approximate surface area is 143 Å². The maximum atomic E-state index is 10.5. The molecule has 138 valence electrons. The van der Waals surface area contributed by atoms with Crippen molar-refractivity contribution in [1.29, 1.82) is 0 Å². The lowest BCUT2D eigenvalue weighted by molar-refractivity contribution is 0.193. The topological polar surface area (TPSA) is 66.8 Å². The van der Waals surface area contributed by atoms with Crippen LogP contribution in [-0.4, -0.2) is 16.4 Å². The summed E-state index contributed by atoms with van der Waals surface area (Å²) in [5.41, 5.74) is 0. The van der Waals surface area contributed by atoms with Crippen LogP contribution in [0.4, 0.5) is 0 Å². The lowest BCUT2D eigenvalue weighted by atomic mass is 10.1. The van der Waals surface area contributed by atoms with E-state index in [0.717, 1.165) is 19.3 Å². The summed E-state index contributed by atoms with van der Waals surface area (Å²) in [6.45, 7) is 2.41. The van der Waals surface area contributed by atoms with Gasteiger partial charge in [0.2, 0.25) is 0 Å². The van der Waals surface area contributed by atoms with Crippen molar-refractivity contribution in [2.45, 2.75) is 96.8 Å². The monoisotopic (exact) mass is 348 g/mol. The minimum Gasteiger partial charge on any atom is -0.303 e. The van der Waals surface area contributed by atoms with Gasteiger partial charge < -0.3 is 9.79 Å². The Morgan fingerprint density at radius 2 is 1.17 bits per heavy atom. The summed E-state index contributed by atoms with van der Waals surface area (Å²) in [6.07, 6.45) is 21.7. The fourth-order valence-electron chi connectivity index (χ4n) is 2.53. The van der Waals surface area contributed by atoms with Crippen molar-refractivity contribution in [3.05, 3.63) is 12.2 Å². The van der Waals surface area contributed by atoms with Crippen molar-refractivity contribution in [2.24, 2.45) is 0 Å². The molecule has 0 saturated carbocycles. The van der Waals surface area contributed by atoms with Crippen LogP contribution in [0.3, 0.4) is 0 Å². The Balaban J connectivity index is 3.12. The molecule has 0 rings (SSSR count).